The van der Waals surface area contributed by atoms with Gasteiger partial charge in [0, 0.05) is 11.9 Å². The minimum atomic E-state index is 0. The highest BCUT2D eigenvalue weighted by Crippen LogP contribution is 2.18. The first-order chi connectivity index (χ1) is 9.13. The standard InChI is InChI=1S/C14H26N4S.HI/c1-4-5-6-7-8-16-14(15)17-9-13-18-12(10-19-13)11(2)3;/h10-11H,4-9H2,1-3H3,(H3,15,16,17);1H. The van der Waals surface area contributed by atoms with Crippen LogP contribution in [0.2, 0.25) is 0 Å². The monoisotopic (exact) mass is 410 g/mol. The van der Waals surface area contributed by atoms with Gasteiger partial charge in [-0.15, -0.1) is 35.3 Å². The fourth-order valence-electron chi connectivity index (χ4n) is 1.64. The Morgan fingerprint density at radius 3 is 2.75 bits per heavy atom. The number of hydrogen-bond donors (Lipinski definition) is 2. The first-order valence-corrected chi connectivity index (χ1v) is 7.99. The minimum Gasteiger partial charge on any atom is -0.370 e. The number of halogens is 1. The van der Waals surface area contributed by atoms with Crippen molar-refractivity contribution in [3.8, 4) is 0 Å². The van der Waals surface area contributed by atoms with Gasteiger partial charge in [0.1, 0.15) is 5.01 Å². The number of hydrogen-bond acceptors (Lipinski definition) is 3. The Balaban J connectivity index is 0.00000361. The minimum absolute atomic E-state index is 0. The quantitative estimate of drug-likeness (QED) is 0.296. The Kier molecular flexibility index (Phi) is 11.1. The molecular formula is C14H27IN4S. The zero-order valence-electron chi connectivity index (χ0n) is 12.7. The van der Waals surface area contributed by atoms with E-state index in [4.69, 9.17) is 5.73 Å². The number of nitrogens with two attached hydrogens (primary N) is 1. The van der Waals surface area contributed by atoms with Crippen LogP contribution in [0, 0.1) is 0 Å². The summed E-state index contributed by atoms with van der Waals surface area (Å²) in [6, 6.07) is 0. The van der Waals surface area contributed by atoms with Crippen molar-refractivity contribution in [3.63, 3.8) is 0 Å². The summed E-state index contributed by atoms with van der Waals surface area (Å²) < 4.78 is 0. The van der Waals surface area contributed by atoms with E-state index in [2.05, 4.69) is 41.4 Å². The number of guanidine groups is 1. The van der Waals surface area contributed by atoms with Gasteiger partial charge in [-0.3, -0.25) is 0 Å². The van der Waals surface area contributed by atoms with Crippen molar-refractivity contribution in [2.45, 2.75) is 58.9 Å². The van der Waals surface area contributed by atoms with Crippen molar-refractivity contribution in [2.75, 3.05) is 6.54 Å². The Labute approximate surface area is 143 Å². The molecule has 1 aromatic rings. The van der Waals surface area contributed by atoms with Crippen molar-refractivity contribution in [1.29, 1.82) is 0 Å². The largest absolute Gasteiger partial charge is 0.370 e. The predicted molar refractivity (Wildman–Crippen MR) is 99.1 cm³/mol. The SMILES string of the molecule is CCCCCCNC(N)=NCc1nc(C(C)C)cs1.I. The number of aliphatic imine (C=N–C) groups is 1. The number of aromatic nitrogens is 1. The molecule has 4 nitrogen and oxygen atoms in total. The summed E-state index contributed by atoms with van der Waals surface area (Å²) in [4.78, 5) is 8.85. The topological polar surface area (TPSA) is 63.3 Å². The van der Waals surface area contributed by atoms with E-state index in [1.54, 1.807) is 11.3 Å². The molecule has 0 aliphatic heterocycles. The molecule has 0 saturated heterocycles. The smallest absolute Gasteiger partial charge is 0.189 e. The molecule has 0 aliphatic rings. The molecule has 0 atom stereocenters. The molecule has 1 heterocycles. The van der Waals surface area contributed by atoms with Crippen molar-refractivity contribution < 1.29 is 0 Å². The lowest BCUT2D eigenvalue weighted by Crippen LogP contribution is -2.32. The lowest BCUT2D eigenvalue weighted by atomic mass is 10.2. The maximum Gasteiger partial charge on any atom is 0.189 e. The summed E-state index contributed by atoms with van der Waals surface area (Å²) in [5.74, 6) is 1.00. The summed E-state index contributed by atoms with van der Waals surface area (Å²) in [5, 5.41) is 6.27. The number of unbranched alkanes of at least 4 members (excludes halogenated alkanes) is 3. The molecular weight excluding hydrogens is 383 g/mol. The second-order valence-corrected chi connectivity index (χ2v) is 5.95. The van der Waals surface area contributed by atoms with Gasteiger partial charge in [-0.1, -0.05) is 40.0 Å². The van der Waals surface area contributed by atoms with E-state index in [1.807, 2.05) is 0 Å². The summed E-state index contributed by atoms with van der Waals surface area (Å²) in [5.41, 5.74) is 6.96. The van der Waals surface area contributed by atoms with Crippen LogP contribution in [0.5, 0.6) is 0 Å². The molecule has 0 spiro atoms. The third-order valence-electron chi connectivity index (χ3n) is 2.88. The Morgan fingerprint density at radius 1 is 1.40 bits per heavy atom. The third kappa shape index (κ3) is 8.04. The van der Waals surface area contributed by atoms with E-state index < -0.39 is 0 Å². The van der Waals surface area contributed by atoms with Gasteiger partial charge in [0.15, 0.2) is 5.96 Å². The van der Waals surface area contributed by atoms with Gasteiger partial charge in [-0.25, -0.2) is 9.98 Å². The molecule has 1 rings (SSSR count). The molecule has 0 amide bonds. The number of nitrogens with one attached hydrogen (secondary N) is 1. The van der Waals surface area contributed by atoms with Crippen LogP contribution < -0.4 is 11.1 Å². The predicted octanol–water partition coefficient (Wildman–Crippen LogP) is 3.87. The average molecular weight is 410 g/mol. The van der Waals surface area contributed by atoms with E-state index in [1.165, 1.54) is 19.3 Å². The van der Waals surface area contributed by atoms with E-state index in [9.17, 15) is 0 Å². The van der Waals surface area contributed by atoms with Crippen molar-refractivity contribution >= 4 is 41.3 Å². The fourth-order valence-corrected chi connectivity index (χ4v) is 2.52. The van der Waals surface area contributed by atoms with Gasteiger partial charge in [0.05, 0.1) is 12.2 Å². The molecule has 20 heavy (non-hydrogen) atoms. The normalized spacial score (nSPS) is 11.5. The molecule has 0 unspecified atom stereocenters. The van der Waals surface area contributed by atoms with Crippen LogP contribution in [0.4, 0.5) is 0 Å². The van der Waals surface area contributed by atoms with Crippen LogP contribution in [0.1, 0.15) is 63.1 Å². The van der Waals surface area contributed by atoms with Crippen LogP contribution in [-0.2, 0) is 6.54 Å². The molecule has 1 aromatic heterocycles. The molecule has 0 fully saturated rings. The first-order valence-electron chi connectivity index (χ1n) is 7.11. The van der Waals surface area contributed by atoms with Gasteiger partial charge in [-0.2, -0.15) is 0 Å². The van der Waals surface area contributed by atoms with E-state index in [0.29, 0.717) is 18.4 Å². The van der Waals surface area contributed by atoms with E-state index >= 15 is 0 Å². The maximum atomic E-state index is 5.82. The summed E-state index contributed by atoms with van der Waals surface area (Å²) >= 11 is 1.65. The molecule has 6 heteroatoms. The zero-order valence-corrected chi connectivity index (χ0v) is 15.8. The van der Waals surface area contributed by atoms with Crippen LogP contribution in [0.15, 0.2) is 10.4 Å². The lowest BCUT2D eigenvalue weighted by molar-refractivity contribution is 0.652. The van der Waals surface area contributed by atoms with Crippen LogP contribution in [0.25, 0.3) is 0 Å². The highest BCUT2D eigenvalue weighted by molar-refractivity contribution is 14.0. The molecule has 0 bridgehead atoms. The Morgan fingerprint density at radius 2 is 2.15 bits per heavy atom. The molecule has 0 radical (unpaired) electrons. The van der Waals surface area contributed by atoms with Crippen LogP contribution in [-0.4, -0.2) is 17.5 Å². The highest BCUT2D eigenvalue weighted by atomic mass is 127. The Bertz CT molecular complexity index is 390. The van der Waals surface area contributed by atoms with Crippen molar-refractivity contribution in [2.24, 2.45) is 10.7 Å². The third-order valence-corrected chi connectivity index (χ3v) is 3.73. The molecule has 0 aromatic carbocycles. The van der Waals surface area contributed by atoms with Gasteiger partial charge >= 0.3 is 0 Å². The van der Waals surface area contributed by atoms with Crippen molar-refractivity contribution in [1.82, 2.24) is 10.3 Å². The number of rotatable bonds is 8. The van der Waals surface area contributed by atoms with Gasteiger partial charge in [0.2, 0.25) is 0 Å². The number of thiazole rings is 1. The van der Waals surface area contributed by atoms with Gasteiger partial charge in [0.25, 0.3) is 0 Å². The van der Waals surface area contributed by atoms with Crippen molar-refractivity contribution in [3.05, 3.63) is 16.1 Å². The molecule has 3 N–H and O–H groups in total. The molecule has 0 saturated carbocycles. The fraction of sp³-hybridized carbons (Fsp3) is 0.714. The van der Waals surface area contributed by atoms with Gasteiger partial charge in [-0.05, 0) is 12.3 Å². The summed E-state index contributed by atoms with van der Waals surface area (Å²) in [6.07, 6.45) is 4.95. The van der Waals surface area contributed by atoms with Crippen LogP contribution in [0.3, 0.4) is 0 Å². The number of nitrogens with zero attached hydrogens (tertiary/aromatic N) is 2. The summed E-state index contributed by atoms with van der Waals surface area (Å²) in [7, 11) is 0. The lowest BCUT2D eigenvalue weighted by Gasteiger charge is -2.04. The second kappa shape index (κ2) is 11.3. The maximum absolute atomic E-state index is 5.82. The van der Waals surface area contributed by atoms with Crippen LogP contribution >= 0.6 is 35.3 Å². The molecule has 116 valence electrons. The first kappa shape index (κ1) is 19.6. The second-order valence-electron chi connectivity index (χ2n) is 5.01. The van der Waals surface area contributed by atoms with E-state index in [-0.39, 0.29) is 24.0 Å². The van der Waals surface area contributed by atoms with E-state index in [0.717, 1.165) is 23.7 Å². The Hall–Kier alpha value is -0.370. The zero-order chi connectivity index (χ0) is 14.1. The highest BCUT2D eigenvalue weighted by Gasteiger charge is 2.04. The molecule has 0 aliphatic carbocycles. The van der Waals surface area contributed by atoms with Gasteiger partial charge < -0.3 is 11.1 Å². The summed E-state index contributed by atoms with van der Waals surface area (Å²) in [6.45, 7) is 7.99. The average Bonchev–Trinajstić information content (AvgIpc) is 2.85.